The second-order valence-electron chi connectivity index (χ2n) is 5.22. The van der Waals surface area contributed by atoms with Crippen LogP contribution in [-0.2, 0) is 4.74 Å². The van der Waals surface area contributed by atoms with Gasteiger partial charge in [-0.05, 0) is 12.1 Å². The lowest BCUT2D eigenvalue weighted by molar-refractivity contribution is 0.100. The molecule has 1 aliphatic heterocycles. The number of ketones is 1. The molecule has 110 valence electrons. The molecule has 0 radical (unpaired) electrons. The summed E-state index contributed by atoms with van der Waals surface area (Å²) in [6.07, 6.45) is 0.119. The summed E-state index contributed by atoms with van der Waals surface area (Å²) >= 11 is 0. The highest BCUT2D eigenvalue weighted by atomic mass is 16.6. The Morgan fingerprint density at radius 2 is 1.82 bits per heavy atom. The average Bonchev–Trinajstić information content (AvgIpc) is 3.33. The molecule has 4 heteroatoms. The lowest BCUT2D eigenvalue weighted by Crippen LogP contribution is -2.08. The summed E-state index contributed by atoms with van der Waals surface area (Å²) in [5.41, 5.74) is 1.22. The van der Waals surface area contributed by atoms with Crippen molar-refractivity contribution in [1.29, 1.82) is 0 Å². The Kier molecular flexibility index (Phi) is 3.16. The van der Waals surface area contributed by atoms with Crippen LogP contribution in [0.4, 0.5) is 0 Å². The van der Waals surface area contributed by atoms with E-state index in [1.807, 2.05) is 42.5 Å². The second-order valence-corrected chi connectivity index (χ2v) is 5.22. The van der Waals surface area contributed by atoms with E-state index in [1.165, 1.54) is 0 Å². The number of epoxide rings is 1. The van der Waals surface area contributed by atoms with Crippen molar-refractivity contribution >= 4 is 16.8 Å². The molecular weight excluding hydrogens is 280 g/mol. The number of hydrogen-bond donors (Lipinski definition) is 0. The zero-order valence-corrected chi connectivity index (χ0v) is 11.8. The minimum absolute atomic E-state index is 0.119. The monoisotopic (exact) mass is 294 g/mol. The molecule has 0 N–H and O–H groups in total. The van der Waals surface area contributed by atoms with Crippen LogP contribution >= 0.6 is 0 Å². The van der Waals surface area contributed by atoms with E-state index in [4.69, 9.17) is 13.9 Å². The lowest BCUT2D eigenvalue weighted by atomic mass is 10.1. The number of carbonyl (C=O) groups is 1. The van der Waals surface area contributed by atoms with Crippen molar-refractivity contribution in [3.63, 3.8) is 0 Å². The highest BCUT2D eigenvalue weighted by Gasteiger charge is 2.27. The van der Waals surface area contributed by atoms with E-state index in [2.05, 4.69) is 0 Å². The van der Waals surface area contributed by atoms with Crippen molar-refractivity contribution in [3.05, 3.63) is 65.9 Å². The summed E-state index contributed by atoms with van der Waals surface area (Å²) in [5.74, 6) is 0.566. The fourth-order valence-corrected chi connectivity index (χ4v) is 2.38. The third kappa shape index (κ3) is 2.38. The molecule has 0 amide bonds. The summed E-state index contributed by atoms with van der Waals surface area (Å²) in [4.78, 5) is 12.7. The molecule has 22 heavy (non-hydrogen) atoms. The lowest BCUT2D eigenvalue weighted by Gasteiger charge is -2.04. The Morgan fingerprint density at radius 1 is 1.09 bits per heavy atom. The molecule has 2 aromatic carbocycles. The van der Waals surface area contributed by atoms with Crippen LogP contribution < -0.4 is 4.74 Å². The molecule has 1 aromatic heterocycles. The van der Waals surface area contributed by atoms with E-state index >= 15 is 0 Å². The van der Waals surface area contributed by atoms with Crippen molar-refractivity contribution < 1.29 is 18.7 Å². The van der Waals surface area contributed by atoms with Gasteiger partial charge in [0.05, 0.1) is 12.0 Å². The first-order chi connectivity index (χ1) is 10.8. The minimum Gasteiger partial charge on any atom is -0.486 e. The SMILES string of the molecule is O=C(c1ccccc1)c1oc2ccccc2c1OCC1CO1. The maximum atomic E-state index is 12.7. The third-order valence-electron chi connectivity index (χ3n) is 3.61. The van der Waals surface area contributed by atoms with Gasteiger partial charge in [0.1, 0.15) is 18.3 Å². The predicted octanol–water partition coefficient (Wildman–Crippen LogP) is 3.44. The van der Waals surface area contributed by atoms with Gasteiger partial charge in [-0.3, -0.25) is 4.79 Å². The number of para-hydroxylation sites is 1. The van der Waals surface area contributed by atoms with Crippen molar-refractivity contribution in [2.24, 2.45) is 0 Å². The van der Waals surface area contributed by atoms with E-state index in [1.54, 1.807) is 12.1 Å². The average molecular weight is 294 g/mol. The van der Waals surface area contributed by atoms with Crippen LogP contribution in [-0.4, -0.2) is 25.1 Å². The number of hydrogen-bond acceptors (Lipinski definition) is 4. The Hall–Kier alpha value is -2.59. The molecule has 1 aliphatic rings. The van der Waals surface area contributed by atoms with Crippen LogP contribution in [0.25, 0.3) is 11.0 Å². The fraction of sp³-hybridized carbons (Fsp3) is 0.167. The van der Waals surface area contributed by atoms with Gasteiger partial charge in [-0.15, -0.1) is 0 Å². The highest BCUT2D eigenvalue weighted by Crippen LogP contribution is 2.35. The van der Waals surface area contributed by atoms with Gasteiger partial charge >= 0.3 is 0 Å². The van der Waals surface area contributed by atoms with E-state index < -0.39 is 0 Å². The second kappa shape index (κ2) is 5.31. The molecule has 4 nitrogen and oxygen atoms in total. The molecule has 4 rings (SSSR count). The predicted molar refractivity (Wildman–Crippen MR) is 81.3 cm³/mol. The molecule has 0 bridgehead atoms. The molecule has 3 aromatic rings. The zero-order valence-electron chi connectivity index (χ0n) is 11.8. The van der Waals surface area contributed by atoms with Gasteiger partial charge in [0.2, 0.25) is 11.5 Å². The van der Waals surface area contributed by atoms with Crippen molar-refractivity contribution in [3.8, 4) is 5.75 Å². The van der Waals surface area contributed by atoms with Crippen LogP contribution in [0.3, 0.4) is 0 Å². The van der Waals surface area contributed by atoms with Crippen molar-refractivity contribution in [2.45, 2.75) is 6.10 Å². The molecule has 0 aliphatic carbocycles. The van der Waals surface area contributed by atoms with Crippen molar-refractivity contribution in [1.82, 2.24) is 0 Å². The Bertz CT molecular complexity index is 815. The van der Waals surface area contributed by atoms with E-state index in [-0.39, 0.29) is 17.6 Å². The molecule has 0 saturated carbocycles. The smallest absolute Gasteiger partial charge is 0.232 e. The molecule has 2 heterocycles. The van der Waals surface area contributed by atoms with Gasteiger partial charge < -0.3 is 13.9 Å². The van der Waals surface area contributed by atoms with Gasteiger partial charge in [0, 0.05) is 5.56 Å². The Balaban J connectivity index is 1.77. The quantitative estimate of drug-likeness (QED) is 0.534. The summed E-state index contributed by atoms with van der Waals surface area (Å²) in [7, 11) is 0. The maximum absolute atomic E-state index is 12.7. The maximum Gasteiger partial charge on any atom is 0.232 e. The summed E-state index contributed by atoms with van der Waals surface area (Å²) in [6, 6.07) is 16.6. The van der Waals surface area contributed by atoms with E-state index in [0.29, 0.717) is 30.1 Å². The first-order valence-electron chi connectivity index (χ1n) is 7.18. The van der Waals surface area contributed by atoms with Gasteiger partial charge in [-0.25, -0.2) is 0 Å². The van der Waals surface area contributed by atoms with E-state index in [9.17, 15) is 4.79 Å². The van der Waals surface area contributed by atoms with Crippen LogP contribution in [0.1, 0.15) is 16.1 Å². The Labute approximate surface area is 127 Å². The molecule has 0 spiro atoms. The highest BCUT2D eigenvalue weighted by molar-refractivity contribution is 6.11. The largest absolute Gasteiger partial charge is 0.486 e. The summed E-state index contributed by atoms with van der Waals surface area (Å²) < 4.78 is 16.7. The van der Waals surface area contributed by atoms with Crippen molar-refractivity contribution in [2.75, 3.05) is 13.2 Å². The van der Waals surface area contributed by atoms with Crippen LogP contribution in [0, 0.1) is 0 Å². The van der Waals surface area contributed by atoms with Gasteiger partial charge in [0.25, 0.3) is 0 Å². The van der Waals surface area contributed by atoms with E-state index in [0.717, 1.165) is 5.39 Å². The van der Waals surface area contributed by atoms with Gasteiger partial charge in [0.15, 0.2) is 5.75 Å². The number of benzene rings is 2. The Morgan fingerprint density at radius 3 is 2.59 bits per heavy atom. The number of carbonyl (C=O) groups excluding carboxylic acids is 1. The molecule has 1 atom stereocenters. The molecule has 1 fully saturated rings. The third-order valence-corrected chi connectivity index (χ3v) is 3.61. The topological polar surface area (TPSA) is 52.0 Å². The minimum atomic E-state index is -0.177. The first-order valence-corrected chi connectivity index (χ1v) is 7.18. The normalized spacial score (nSPS) is 16.6. The molecule has 1 unspecified atom stereocenters. The molecule has 1 saturated heterocycles. The number of furan rings is 1. The fourth-order valence-electron chi connectivity index (χ4n) is 2.38. The number of rotatable bonds is 5. The standard InChI is InChI=1S/C18H14O4/c19-16(12-6-2-1-3-7-12)18-17(21-11-13-10-20-13)14-8-4-5-9-15(14)22-18/h1-9,13H,10-11H2. The number of ether oxygens (including phenoxy) is 2. The van der Waals surface area contributed by atoms with Crippen LogP contribution in [0.15, 0.2) is 59.0 Å². The van der Waals surface area contributed by atoms with Gasteiger partial charge in [-0.2, -0.15) is 0 Å². The summed E-state index contributed by atoms with van der Waals surface area (Å²) in [5, 5.41) is 0.808. The number of fused-ring (bicyclic) bond motifs is 1. The summed E-state index contributed by atoms with van der Waals surface area (Å²) in [6.45, 7) is 1.14. The van der Waals surface area contributed by atoms with Gasteiger partial charge in [-0.1, -0.05) is 42.5 Å². The van der Waals surface area contributed by atoms with Crippen LogP contribution in [0.2, 0.25) is 0 Å². The first kappa shape index (κ1) is 13.1. The van der Waals surface area contributed by atoms with Crippen LogP contribution in [0.5, 0.6) is 5.75 Å². The molecular formula is C18H14O4. The zero-order chi connectivity index (χ0) is 14.9.